The third-order valence-corrected chi connectivity index (χ3v) is 7.33. The zero-order chi connectivity index (χ0) is 23.7. The highest BCUT2D eigenvalue weighted by Crippen LogP contribution is 2.45. The van der Waals surface area contributed by atoms with Crippen molar-refractivity contribution in [3.05, 3.63) is 40.7 Å². The summed E-state index contributed by atoms with van der Waals surface area (Å²) in [4.78, 5) is 14.5. The van der Waals surface area contributed by atoms with Gasteiger partial charge in [0.2, 0.25) is 5.95 Å². The molecule has 0 bridgehead atoms. The minimum absolute atomic E-state index is 0.00103. The van der Waals surface area contributed by atoms with E-state index < -0.39 is 23.8 Å². The molecule has 0 unspecified atom stereocenters. The topological polar surface area (TPSA) is 127 Å². The third kappa shape index (κ3) is 2.87. The van der Waals surface area contributed by atoms with E-state index in [-0.39, 0.29) is 69.7 Å². The second-order valence-electron chi connectivity index (χ2n) is 8.27. The number of alkyl halides is 1. The normalized spacial score (nSPS) is 19.8. The lowest BCUT2D eigenvalue weighted by Crippen LogP contribution is -2.30. The van der Waals surface area contributed by atoms with Crippen molar-refractivity contribution in [2.24, 2.45) is 5.73 Å². The van der Waals surface area contributed by atoms with Crippen molar-refractivity contribution < 1.29 is 17.9 Å². The number of fused-ring (bicyclic) bond motifs is 4. The van der Waals surface area contributed by atoms with Crippen LogP contribution in [-0.4, -0.2) is 40.3 Å². The molecule has 0 spiro atoms. The van der Waals surface area contributed by atoms with Gasteiger partial charge in [0, 0.05) is 29.1 Å². The Balaban J connectivity index is 1.65. The Morgan fingerprint density at radius 1 is 1.18 bits per heavy atom. The van der Waals surface area contributed by atoms with E-state index in [2.05, 4.69) is 15.0 Å². The predicted octanol–water partition coefficient (Wildman–Crippen LogP) is 3.15. The summed E-state index contributed by atoms with van der Waals surface area (Å²) in [5.74, 6) is -1.21. The van der Waals surface area contributed by atoms with Crippen molar-refractivity contribution in [2.45, 2.75) is 25.4 Å². The maximum atomic E-state index is 16.2. The van der Waals surface area contributed by atoms with E-state index >= 15 is 4.39 Å². The molecule has 8 nitrogen and oxygen atoms in total. The van der Waals surface area contributed by atoms with Gasteiger partial charge in [-0.1, -0.05) is 0 Å². The second-order valence-corrected chi connectivity index (χ2v) is 9.32. The Labute approximate surface area is 194 Å². The van der Waals surface area contributed by atoms with Crippen LogP contribution in [0.25, 0.3) is 32.2 Å². The number of halogens is 3. The molecule has 1 aromatic carbocycles. The lowest BCUT2D eigenvalue weighted by atomic mass is 9.94. The van der Waals surface area contributed by atoms with E-state index in [0.717, 1.165) is 17.5 Å². The molecule has 1 saturated heterocycles. The molecule has 4 N–H and O–H groups in total. The van der Waals surface area contributed by atoms with Gasteiger partial charge >= 0.3 is 0 Å². The number of pyridine rings is 1. The van der Waals surface area contributed by atoms with Crippen molar-refractivity contribution in [2.75, 3.05) is 23.7 Å². The van der Waals surface area contributed by atoms with Crippen molar-refractivity contribution in [3.8, 4) is 17.3 Å². The number of rotatable bonds is 2. The molecule has 2 aliphatic heterocycles. The van der Waals surface area contributed by atoms with Crippen LogP contribution >= 0.6 is 11.3 Å². The molecule has 0 saturated carbocycles. The number of nitrogens with two attached hydrogens (primary N) is 2. The lowest BCUT2D eigenvalue weighted by Gasteiger charge is -2.17. The highest BCUT2D eigenvalue weighted by Gasteiger charge is 2.33. The Hall–Kier alpha value is -3.53. The Morgan fingerprint density at radius 2 is 1.97 bits per heavy atom. The van der Waals surface area contributed by atoms with Crippen LogP contribution in [0.4, 0.5) is 24.1 Å². The molecule has 34 heavy (non-hydrogen) atoms. The van der Waals surface area contributed by atoms with Crippen molar-refractivity contribution >= 4 is 43.3 Å². The standard InChI is InChI=1S/C22H16F3N7OS/c23-12-3-29-19(16-8(1-26)21(28)34-20(12)16)15-11-7-33-6-10(11)9-2-30-22(31-18(9)17(15)25)32-4-13(24)14(27)5-32/h2-3,13-14H,4-7,27-28H2/t13-,14-/m0/s1. The summed E-state index contributed by atoms with van der Waals surface area (Å²) in [5, 5.41) is 10.4. The Bertz CT molecular complexity index is 1540. The summed E-state index contributed by atoms with van der Waals surface area (Å²) < 4.78 is 50.4. The van der Waals surface area contributed by atoms with Crippen LogP contribution in [0.15, 0.2) is 12.4 Å². The SMILES string of the molecule is N#Cc1c(N)sc2c(F)cnc(-c3c4c(c5cnc(N6C[C@H](N)[C@@H](F)C6)nc5c3F)COC4)c12. The number of ether oxygens (including phenoxy) is 1. The monoisotopic (exact) mass is 483 g/mol. The number of aromatic nitrogens is 3. The Morgan fingerprint density at radius 3 is 2.71 bits per heavy atom. The van der Waals surface area contributed by atoms with Crippen molar-refractivity contribution in [1.29, 1.82) is 5.26 Å². The van der Waals surface area contributed by atoms with Crippen molar-refractivity contribution in [1.82, 2.24) is 15.0 Å². The van der Waals surface area contributed by atoms with E-state index in [4.69, 9.17) is 16.2 Å². The van der Waals surface area contributed by atoms with Crippen LogP contribution in [0.1, 0.15) is 16.7 Å². The fourth-order valence-electron chi connectivity index (χ4n) is 4.64. The van der Waals surface area contributed by atoms with Gasteiger partial charge in [0.1, 0.15) is 22.8 Å². The number of thiophene rings is 1. The first-order valence-corrected chi connectivity index (χ1v) is 11.2. The summed E-state index contributed by atoms with van der Waals surface area (Å²) in [7, 11) is 0. The summed E-state index contributed by atoms with van der Waals surface area (Å²) in [6.45, 7) is 0.514. The van der Waals surface area contributed by atoms with E-state index in [9.17, 15) is 14.0 Å². The predicted molar refractivity (Wildman–Crippen MR) is 121 cm³/mol. The minimum Gasteiger partial charge on any atom is -0.389 e. The number of hydrogen-bond donors (Lipinski definition) is 2. The molecule has 6 rings (SSSR count). The van der Waals surface area contributed by atoms with Gasteiger partial charge in [-0.15, -0.1) is 11.3 Å². The van der Waals surface area contributed by atoms with E-state index in [1.165, 1.54) is 6.20 Å². The van der Waals surface area contributed by atoms with Gasteiger partial charge in [0.15, 0.2) is 11.6 Å². The fraction of sp³-hybridized carbons (Fsp3) is 0.273. The van der Waals surface area contributed by atoms with Gasteiger partial charge in [-0.2, -0.15) is 5.26 Å². The van der Waals surface area contributed by atoms with E-state index in [1.54, 1.807) is 4.90 Å². The first-order chi connectivity index (χ1) is 16.4. The molecule has 0 radical (unpaired) electrons. The molecule has 12 heteroatoms. The zero-order valence-corrected chi connectivity index (χ0v) is 18.3. The Kier molecular flexibility index (Phi) is 4.63. The quantitative estimate of drug-likeness (QED) is 0.445. The summed E-state index contributed by atoms with van der Waals surface area (Å²) in [6.07, 6.45) is 1.24. The average Bonchev–Trinajstić information content (AvgIpc) is 3.52. The maximum Gasteiger partial charge on any atom is 0.226 e. The zero-order valence-electron chi connectivity index (χ0n) is 17.5. The molecule has 0 amide bonds. The van der Waals surface area contributed by atoms with E-state index in [1.807, 2.05) is 6.07 Å². The number of anilines is 2. The van der Waals surface area contributed by atoms with Crippen LogP contribution in [0.5, 0.6) is 0 Å². The van der Waals surface area contributed by atoms with Crippen LogP contribution < -0.4 is 16.4 Å². The van der Waals surface area contributed by atoms with Gasteiger partial charge in [-0.25, -0.2) is 23.1 Å². The molecule has 4 aromatic rings. The van der Waals surface area contributed by atoms with Crippen LogP contribution in [-0.2, 0) is 18.0 Å². The van der Waals surface area contributed by atoms with Crippen LogP contribution in [0.2, 0.25) is 0 Å². The van der Waals surface area contributed by atoms with Gasteiger partial charge in [-0.05, 0) is 11.1 Å². The van der Waals surface area contributed by atoms with Crippen molar-refractivity contribution in [3.63, 3.8) is 0 Å². The molecule has 3 aromatic heterocycles. The first kappa shape index (κ1) is 21.0. The highest BCUT2D eigenvalue weighted by molar-refractivity contribution is 7.23. The molecule has 172 valence electrons. The fourth-order valence-corrected chi connectivity index (χ4v) is 5.56. The van der Waals surface area contributed by atoms with Crippen LogP contribution in [0, 0.1) is 23.0 Å². The second kappa shape index (κ2) is 7.49. The first-order valence-electron chi connectivity index (χ1n) is 10.4. The minimum atomic E-state index is -1.24. The molecular weight excluding hydrogens is 467 g/mol. The number of benzene rings is 1. The maximum absolute atomic E-state index is 16.2. The number of nitrogens with zero attached hydrogens (tertiary/aromatic N) is 5. The third-order valence-electron chi connectivity index (χ3n) is 6.31. The average molecular weight is 483 g/mol. The lowest BCUT2D eigenvalue weighted by molar-refractivity contribution is 0.135. The van der Waals surface area contributed by atoms with Crippen LogP contribution in [0.3, 0.4) is 0 Å². The molecular formula is C22H16F3N7OS. The van der Waals surface area contributed by atoms with Gasteiger partial charge < -0.3 is 21.1 Å². The summed E-state index contributed by atoms with van der Waals surface area (Å²) >= 11 is 0.908. The van der Waals surface area contributed by atoms with Gasteiger partial charge in [-0.3, -0.25) is 4.98 Å². The number of nitriles is 1. The number of nitrogen functional groups attached to an aromatic ring is 1. The molecule has 0 aliphatic carbocycles. The van der Waals surface area contributed by atoms with E-state index in [0.29, 0.717) is 16.5 Å². The largest absolute Gasteiger partial charge is 0.389 e. The summed E-state index contributed by atoms with van der Waals surface area (Å²) in [6, 6.07) is 1.30. The molecule has 2 aliphatic rings. The van der Waals surface area contributed by atoms with Gasteiger partial charge in [0.05, 0.1) is 48.0 Å². The molecule has 1 fully saturated rings. The molecule has 5 heterocycles. The highest BCUT2D eigenvalue weighted by atomic mass is 32.1. The molecule has 2 atom stereocenters. The summed E-state index contributed by atoms with van der Waals surface area (Å²) in [5.41, 5.74) is 13.1. The van der Waals surface area contributed by atoms with Gasteiger partial charge in [0.25, 0.3) is 0 Å². The number of hydrogen-bond acceptors (Lipinski definition) is 9. The smallest absolute Gasteiger partial charge is 0.226 e.